The first-order valence-electron chi connectivity index (χ1n) is 10.1. The van der Waals surface area contributed by atoms with Crippen molar-refractivity contribution in [2.75, 3.05) is 14.2 Å². The van der Waals surface area contributed by atoms with Crippen LogP contribution in [0.4, 0.5) is 4.39 Å². The minimum Gasteiger partial charge on any atom is -0.455 e. The molecule has 0 unspecified atom stereocenters. The van der Waals surface area contributed by atoms with Crippen molar-refractivity contribution in [3.63, 3.8) is 0 Å². The Balaban J connectivity index is 1.69. The number of amides is 1. The highest BCUT2D eigenvalue weighted by atomic mass is 19.1. The fourth-order valence-electron chi connectivity index (χ4n) is 4.80. The number of likely N-dealkylation sites (N-methyl/N-ethyl adjacent to an activating group) is 1. The molecule has 4 rings (SSSR count). The van der Waals surface area contributed by atoms with E-state index in [1.807, 2.05) is 13.0 Å². The first kappa shape index (κ1) is 20.5. The maximum Gasteiger partial charge on any atom is 0.338 e. The molecule has 0 fully saturated rings. The number of ether oxygens (including phenoxy) is 2. The Labute approximate surface area is 175 Å². The summed E-state index contributed by atoms with van der Waals surface area (Å²) in [4.78, 5) is 26.9. The fourth-order valence-corrected chi connectivity index (χ4v) is 4.80. The molecule has 0 N–H and O–H groups in total. The number of carbonyl (C=O) groups excluding carboxylic acids is 2. The Bertz CT molecular complexity index is 1010. The third-order valence-corrected chi connectivity index (χ3v) is 7.00. The lowest BCUT2D eigenvalue weighted by atomic mass is 9.59. The third kappa shape index (κ3) is 3.01. The molecule has 4 atom stereocenters. The van der Waals surface area contributed by atoms with Crippen molar-refractivity contribution in [2.24, 2.45) is 11.3 Å². The molecule has 6 heteroatoms. The van der Waals surface area contributed by atoms with Gasteiger partial charge in [-0.25, -0.2) is 9.18 Å². The van der Waals surface area contributed by atoms with E-state index in [4.69, 9.17) is 9.47 Å². The van der Waals surface area contributed by atoms with Gasteiger partial charge in [-0.05, 0) is 60.9 Å². The van der Waals surface area contributed by atoms with Gasteiger partial charge < -0.3 is 14.4 Å². The lowest BCUT2D eigenvalue weighted by Gasteiger charge is -2.48. The van der Waals surface area contributed by atoms with Crippen LogP contribution in [0.1, 0.15) is 37.6 Å². The second kappa shape index (κ2) is 7.20. The number of rotatable bonds is 3. The smallest absolute Gasteiger partial charge is 0.338 e. The summed E-state index contributed by atoms with van der Waals surface area (Å²) < 4.78 is 24.8. The predicted molar refractivity (Wildman–Crippen MR) is 110 cm³/mol. The third-order valence-electron chi connectivity index (χ3n) is 7.00. The van der Waals surface area contributed by atoms with Gasteiger partial charge in [0.1, 0.15) is 18.0 Å². The van der Waals surface area contributed by atoms with Gasteiger partial charge >= 0.3 is 5.97 Å². The number of halogens is 1. The zero-order valence-corrected chi connectivity index (χ0v) is 17.9. The van der Waals surface area contributed by atoms with Gasteiger partial charge in [-0.2, -0.15) is 0 Å². The molecule has 1 heterocycles. The van der Waals surface area contributed by atoms with Crippen molar-refractivity contribution >= 4 is 11.9 Å². The van der Waals surface area contributed by atoms with E-state index in [2.05, 4.69) is 19.9 Å². The molecule has 158 valence electrons. The van der Waals surface area contributed by atoms with Crippen LogP contribution >= 0.6 is 0 Å². The average Bonchev–Trinajstić information content (AvgIpc) is 2.93. The molecule has 0 spiro atoms. The van der Waals surface area contributed by atoms with Gasteiger partial charge in [-0.1, -0.05) is 13.8 Å². The van der Waals surface area contributed by atoms with Crippen LogP contribution in [-0.4, -0.2) is 43.1 Å². The summed E-state index contributed by atoms with van der Waals surface area (Å²) >= 11 is 0. The summed E-state index contributed by atoms with van der Waals surface area (Å²) in [5, 5.41) is 0. The Hall–Kier alpha value is -2.73. The maximum atomic E-state index is 13.2. The average molecular weight is 411 g/mol. The van der Waals surface area contributed by atoms with Crippen LogP contribution in [0.15, 0.2) is 58.8 Å². The molecule has 0 saturated carbocycles. The maximum absolute atomic E-state index is 13.2. The van der Waals surface area contributed by atoms with E-state index >= 15 is 0 Å². The standard InChI is InChI=1S/C24H26FNO4/c1-13-18-12-24(3)14(2)21(30-23(28)15-6-8-17(25)9-7-15)20(29-5)11-16(24)10-19(18)26(4)22(13)27/h6-11,14,20-21H,12H2,1-5H3/t14-,20+,21+,24+/m0/s1. The number of methoxy groups -OCH3 is 1. The molecule has 1 aromatic rings. The van der Waals surface area contributed by atoms with Crippen LogP contribution in [0.5, 0.6) is 0 Å². The van der Waals surface area contributed by atoms with E-state index in [1.165, 1.54) is 24.3 Å². The van der Waals surface area contributed by atoms with Gasteiger partial charge in [0.05, 0.1) is 5.56 Å². The molecule has 1 amide bonds. The monoisotopic (exact) mass is 411 g/mol. The van der Waals surface area contributed by atoms with Crippen molar-refractivity contribution < 1.29 is 23.5 Å². The summed E-state index contributed by atoms with van der Waals surface area (Å²) in [6, 6.07) is 5.31. The van der Waals surface area contributed by atoms with Gasteiger partial charge in [-0.3, -0.25) is 4.79 Å². The highest BCUT2D eigenvalue weighted by Gasteiger charge is 2.51. The Morgan fingerprint density at radius 2 is 1.93 bits per heavy atom. The minimum absolute atomic E-state index is 0.0225. The van der Waals surface area contributed by atoms with Crippen LogP contribution < -0.4 is 0 Å². The van der Waals surface area contributed by atoms with Crippen molar-refractivity contribution in [1.29, 1.82) is 0 Å². The fraction of sp³-hybridized carbons (Fsp3) is 0.417. The van der Waals surface area contributed by atoms with E-state index in [0.29, 0.717) is 12.0 Å². The van der Waals surface area contributed by atoms with Crippen LogP contribution in [0.2, 0.25) is 0 Å². The quantitative estimate of drug-likeness (QED) is 0.705. The van der Waals surface area contributed by atoms with Crippen LogP contribution in [0.3, 0.4) is 0 Å². The van der Waals surface area contributed by atoms with Gasteiger partial charge in [0.2, 0.25) is 0 Å². The van der Waals surface area contributed by atoms with Gasteiger partial charge in [0, 0.05) is 36.8 Å². The molecule has 0 radical (unpaired) electrons. The predicted octanol–water partition coefficient (Wildman–Crippen LogP) is 4.02. The van der Waals surface area contributed by atoms with Gasteiger partial charge in [0.15, 0.2) is 0 Å². The second-order valence-corrected chi connectivity index (χ2v) is 8.58. The van der Waals surface area contributed by atoms with E-state index in [1.54, 1.807) is 19.1 Å². The summed E-state index contributed by atoms with van der Waals surface area (Å²) in [5.41, 5.74) is 3.83. The molecule has 0 aromatic heterocycles. The number of hydrogen-bond acceptors (Lipinski definition) is 4. The van der Waals surface area contributed by atoms with Crippen molar-refractivity contribution in [3.8, 4) is 0 Å². The van der Waals surface area contributed by atoms with Gasteiger partial charge in [0.25, 0.3) is 5.91 Å². The largest absolute Gasteiger partial charge is 0.455 e. The van der Waals surface area contributed by atoms with E-state index in [0.717, 1.165) is 22.4 Å². The topological polar surface area (TPSA) is 55.8 Å². The molecule has 1 aromatic carbocycles. The second-order valence-electron chi connectivity index (χ2n) is 8.58. The highest BCUT2D eigenvalue weighted by Crippen LogP contribution is 2.54. The van der Waals surface area contributed by atoms with E-state index in [9.17, 15) is 14.0 Å². The SMILES string of the molecule is CO[C@@H]1C=C2C=C3C(=C(C)C(=O)N3C)C[C@]2(C)[C@@H](C)[C@H]1OC(=O)c1ccc(F)cc1. The normalized spacial score (nSPS) is 30.5. The Morgan fingerprint density at radius 3 is 2.57 bits per heavy atom. The van der Waals surface area contributed by atoms with Gasteiger partial charge in [-0.15, -0.1) is 0 Å². The lowest BCUT2D eigenvalue weighted by Crippen LogP contribution is -2.49. The summed E-state index contributed by atoms with van der Waals surface area (Å²) in [6.07, 6.45) is 3.83. The van der Waals surface area contributed by atoms with E-state index < -0.39 is 24.0 Å². The van der Waals surface area contributed by atoms with Crippen LogP contribution in [-0.2, 0) is 14.3 Å². The minimum atomic E-state index is -0.507. The van der Waals surface area contributed by atoms with Crippen molar-refractivity contribution in [3.05, 3.63) is 70.2 Å². The van der Waals surface area contributed by atoms with Crippen molar-refractivity contribution in [1.82, 2.24) is 4.90 Å². The Morgan fingerprint density at radius 1 is 1.27 bits per heavy atom. The zero-order valence-electron chi connectivity index (χ0n) is 17.9. The zero-order chi connectivity index (χ0) is 21.8. The highest BCUT2D eigenvalue weighted by molar-refractivity contribution is 6.00. The number of esters is 1. The van der Waals surface area contributed by atoms with Crippen LogP contribution in [0, 0.1) is 17.2 Å². The summed E-state index contributed by atoms with van der Waals surface area (Å²) in [7, 11) is 3.38. The Kier molecular flexibility index (Phi) is 4.93. The number of fused-ring (bicyclic) bond motifs is 2. The molecule has 3 aliphatic rings. The molecule has 2 aliphatic carbocycles. The van der Waals surface area contributed by atoms with Crippen LogP contribution in [0.25, 0.3) is 0 Å². The molecule has 30 heavy (non-hydrogen) atoms. The lowest BCUT2D eigenvalue weighted by molar-refractivity contribution is -0.123. The first-order valence-corrected chi connectivity index (χ1v) is 10.1. The molecular weight excluding hydrogens is 385 g/mol. The number of hydrogen-bond donors (Lipinski definition) is 0. The number of allylic oxidation sites excluding steroid dienone is 3. The summed E-state index contributed by atoms with van der Waals surface area (Å²) in [6.45, 7) is 6.06. The molecule has 0 saturated heterocycles. The molecule has 1 aliphatic heterocycles. The summed E-state index contributed by atoms with van der Waals surface area (Å²) in [5.74, 6) is -0.954. The molecule has 0 bridgehead atoms. The molecule has 5 nitrogen and oxygen atoms in total. The number of benzene rings is 1. The van der Waals surface area contributed by atoms with Crippen molar-refractivity contribution in [2.45, 2.75) is 39.4 Å². The molecular formula is C24H26FNO4. The number of carbonyl (C=O) groups is 2. The number of nitrogens with zero attached hydrogens (tertiary/aromatic N) is 1. The van der Waals surface area contributed by atoms with E-state index in [-0.39, 0.29) is 17.2 Å². The first-order chi connectivity index (χ1) is 14.2.